The number of urea groups is 1. The van der Waals surface area contributed by atoms with E-state index in [2.05, 4.69) is 20.6 Å². The van der Waals surface area contributed by atoms with E-state index in [4.69, 9.17) is 10.8 Å². The van der Waals surface area contributed by atoms with Crippen LogP contribution in [0, 0.1) is 0 Å². The summed E-state index contributed by atoms with van der Waals surface area (Å²) < 4.78 is 0. The minimum atomic E-state index is -1.36. The highest BCUT2D eigenvalue weighted by molar-refractivity contribution is 5.87. The Kier molecular flexibility index (Phi) is 5.20. The van der Waals surface area contributed by atoms with E-state index < -0.39 is 30.4 Å². The van der Waals surface area contributed by atoms with Gasteiger partial charge in [0.15, 0.2) is 0 Å². The lowest BCUT2D eigenvalue weighted by Crippen LogP contribution is -2.47. The van der Waals surface area contributed by atoms with Crippen LogP contribution in [0.5, 0.6) is 0 Å². The van der Waals surface area contributed by atoms with E-state index in [0.717, 1.165) is 0 Å². The number of carboxylic acids is 1. The second-order valence-corrected chi connectivity index (χ2v) is 3.59. The molecule has 0 spiro atoms. The number of aromatic nitrogens is 2. The number of nitrogens with one attached hydrogen (secondary N) is 2. The first-order valence-corrected chi connectivity index (χ1v) is 5.29. The number of carbonyl (C=O) groups is 3. The molecule has 0 aliphatic carbocycles. The third-order valence-electron chi connectivity index (χ3n) is 2.08. The smallest absolute Gasteiger partial charge is 0.326 e. The number of carboxylic acid groups (broad SMARTS) is 1. The highest BCUT2D eigenvalue weighted by Crippen LogP contribution is 1.93. The predicted molar refractivity (Wildman–Crippen MR) is 62.6 cm³/mol. The molecule has 1 unspecified atom stereocenters. The molecule has 0 saturated carbocycles. The molecule has 3 amide bonds. The Bertz CT molecular complexity index is 464. The van der Waals surface area contributed by atoms with Crippen LogP contribution in [0.3, 0.4) is 0 Å². The van der Waals surface area contributed by atoms with Gasteiger partial charge >= 0.3 is 12.0 Å². The lowest BCUT2D eigenvalue weighted by molar-refractivity contribution is -0.140. The number of amides is 3. The van der Waals surface area contributed by atoms with Gasteiger partial charge in [0.1, 0.15) is 12.4 Å². The number of rotatable bonds is 6. The van der Waals surface area contributed by atoms with Crippen LogP contribution in [-0.2, 0) is 16.1 Å². The lowest BCUT2D eigenvalue weighted by Gasteiger charge is -2.13. The number of primary amides is 1. The first kappa shape index (κ1) is 14.4. The van der Waals surface area contributed by atoms with Gasteiger partial charge < -0.3 is 21.5 Å². The number of nitrogens with two attached hydrogens (primary N) is 1. The summed E-state index contributed by atoms with van der Waals surface area (Å²) in [7, 11) is 0. The molecule has 0 fully saturated rings. The molecule has 9 heteroatoms. The molecule has 1 atom stereocenters. The first-order valence-electron chi connectivity index (χ1n) is 5.29. The highest BCUT2D eigenvalue weighted by Gasteiger charge is 2.21. The zero-order chi connectivity index (χ0) is 14.3. The summed E-state index contributed by atoms with van der Waals surface area (Å²) in [5.74, 6) is -2.15. The van der Waals surface area contributed by atoms with Crippen LogP contribution in [-0.4, -0.2) is 39.0 Å². The number of nitrogens with zero attached hydrogens (tertiary/aromatic N) is 2. The molecule has 0 aliphatic heterocycles. The molecule has 9 nitrogen and oxygen atoms in total. The maximum absolute atomic E-state index is 11.4. The quantitative estimate of drug-likeness (QED) is 0.498. The van der Waals surface area contributed by atoms with E-state index >= 15 is 0 Å². The molecule has 0 radical (unpaired) electrons. The van der Waals surface area contributed by atoms with Crippen molar-refractivity contribution >= 4 is 17.9 Å². The van der Waals surface area contributed by atoms with Gasteiger partial charge in [0.05, 0.1) is 18.7 Å². The van der Waals surface area contributed by atoms with Gasteiger partial charge in [-0.1, -0.05) is 0 Å². The summed E-state index contributed by atoms with van der Waals surface area (Å²) >= 11 is 0. The van der Waals surface area contributed by atoms with Crippen molar-refractivity contribution in [1.29, 1.82) is 0 Å². The van der Waals surface area contributed by atoms with Crippen molar-refractivity contribution in [3.8, 4) is 0 Å². The summed E-state index contributed by atoms with van der Waals surface area (Å²) in [6, 6.07) is -0.492. The molecular formula is C10H13N5O4. The Balaban J connectivity index is 2.45. The zero-order valence-corrected chi connectivity index (χ0v) is 9.87. The van der Waals surface area contributed by atoms with Gasteiger partial charge in [-0.2, -0.15) is 0 Å². The molecule has 0 aromatic carbocycles. The molecule has 19 heavy (non-hydrogen) atoms. The lowest BCUT2D eigenvalue weighted by atomic mass is 10.2. The maximum Gasteiger partial charge on any atom is 0.326 e. The fourth-order valence-corrected chi connectivity index (χ4v) is 1.20. The number of hydrogen-bond donors (Lipinski definition) is 4. The van der Waals surface area contributed by atoms with E-state index in [1.54, 1.807) is 6.07 Å². The molecule has 5 N–H and O–H groups in total. The Morgan fingerprint density at radius 3 is 2.68 bits per heavy atom. The van der Waals surface area contributed by atoms with Crippen LogP contribution >= 0.6 is 0 Å². The largest absolute Gasteiger partial charge is 0.480 e. The fraction of sp³-hybridized carbons (Fsp3) is 0.300. The average molecular weight is 267 g/mol. The molecule has 0 saturated heterocycles. The average Bonchev–Trinajstić information content (AvgIpc) is 2.36. The van der Waals surface area contributed by atoms with Crippen molar-refractivity contribution in [3.05, 3.63) is 24.3 Å². The van der Waals surface area contributed by atoms with Crippen molar-refractivity contribution < 1.29 is 19.5 Å². The van der Waals surface area contributed by atoms with Crippen LogP contribution in [0.4, 0.5) is 4.79 Å². The molecule has 1 aromatic heterocycles. The van der Waals surface area contributed by atoms with Gasteiger partial charge in [-0.3, -0.25) is 4.79 Å². The standard InChI is InChI=1S/C10H13N5O4/c11-8(16)3-7(9(17)18)15-10(19)13-4-6-1-2-12-5-14-6/h1-2,5,7H,3-4H2,(H2,11,16)(H,17,18)(H2,13,15,19). The van der Waals surface area contributed by atoms with Crippen molar-refractivity contribution in [1.82, 2.24) is 20.6 Å². The normalized spacial score (nSPS) is 11.4. The topological polar surface area (TPSA) is 147 Å². The Hall–Kier alpha value is -2.71. The minimum absolute atomic E-state index is 0.108. The van der Waals surface area contributed by atoms with Gasteiger partial charge in [-0.25, -0.2) is 19.6 Å². The van der Waals surface area contributed by atoms with Gasteiger partial charge in [-0.05, 0) is 6.07 Å². The van der Waals surface area contributed by atoms with E-state index in [9.17, 15) is 14.4 Å². The van der Waals surface area contributed by atoms with Gasteiger partial charge in [0.25, 0.3) is 0 Å². The molecule has 1 aromatic rings. The molecular weight excluding hydrogens is 254 g/mol. The highest BCUT2D eigenvalue weighted by atomic mass is 16.4. The van der Waals surface area contributed by atoms with E-state index in [-0.39, 0.29) is 6.54 Å². The SMILES string of the molecule is NC(=O)CC(NC(=O)NCc1ccncn1)C(=O)O. The second kappa shape index (κ2) is 6.89. The van der Waals surface area contributed by atoms with Crippen LogP contribution in [0.1, 0.15) is 12.1 Å². The Labute approximate surface area is 108 Å². The number of aliphatic carboxylic acids is 1. The third kappa shape index (κ3) is 5.44. The summed E-state index contributed by atoms with van der Waals surface area (Å²) in [6.07, 6.45) is 2.35. The fourth-order valence-electron chi connectivity index (χ4n) is 1.20. The summed E-state index contributed by atoms with van der Waals surface area (Å²) in [4.78, 5) is 40.4. The van der Waals surface area contributed by atoms with Crippen molar-refractivity contribution in [2.45, 2.75) is 19.0 Å². The summed E-state index contributed by atoms with van der Waals surface area (Å²) in [5.41, 5.74) is 5.44. The number of carbonyl (C=O) groups excluding carboxylic acids is 2. The van der Waals surface area contributed by atoms with Crippen molar-refractivity contribution in [3.63, 3.8) is 0 Å². The number of hydrogen-bond acceptors (Lipinski definition) is 5. The minimum Gasteiger partial charge on any atom is -0.480 e. The van der Waals surface area contributed by atoms with E-state index in [1.807, 2.05) is 0 Å². The molecule has 0 bridgehead atoms. The predicted octanol–water partition coefficient (Wildman–Crippen LogP) is -1.40. The molecule has 102 valence electrons. The van der Waals surface area contributed by atoms with Crippen molar-refractivity contribution in [2.24, 2.45) is 5.73 Å². The van der Waals surface area contributed by atoms with Crippen LogP contribution in [0.25, 0.3) is 0 Å². The van der Waals surface area contributed by atoms with Gasteiger partial charge in [0.2, 0.25) is 5.91 Å². The summed E-state index contributed by atoms with van der Waals surface area (Å²) in [6.45, 7) is 0.108. The van der Waals surface area contributed by atoms with E-state index in [0.29, 0.717) is 5.69 Å². The van der Waals surface area contributed by atoms with E-state index in [1.165, 1.54) is 12.5 Å². The van der Waals surface area contributed by atoms with Gasteiger partial charge in [0, 0.05) is 6.20 Å². The first-order chi connectivity index (χ1) is 8.99. The van der Waals surface area contributed by atoms with Crippen LogP contribution in [0.15, 0.2) is 18.6 Å². The molecule has 1 rings (SSSR count). The van der Waals surface area contributed by atoms with Gasteiger partial charge in [-0.15, -0.1) is 0 Å². The maximum atomic E-state index is 11.4. The van der Waals surface area contributed by atoms with Crippen molar-refractivity contribution in [2.75, 3.05) is 0 Å². The van der Waals surface area contributed by atoms with Crippen LogP contribution in [0.2, 0.25) is 0 Å². The third-order valence-corrected chi connectivity index (χ3v) is 2.08. The molecule has 0 aliphatic rings. The molecule has 1 heterocycles. The monoisotopic (exact) mass is 267 g/mol. The van der Waals surface area contributed by atoms with Crippen LogP contribution < -0.4 is 16.4 Å². The second-order valence-electron chi connectivity index (χ2n) is 3.59. The zero-order valence-electron chi connectivity index (χ0n) is 9.87. The Morgan fingerprint density at radius 2 is 2.16 bits per heavy atom. The Morgan fingerprint density at radius 1 is 1.42 bits per heavy atom. The summed E-state index contributed by atoms with van der Waals surface area (Å²) in [5, 5.41) is 13.3.